The van der Waals surface area contributed by atoms with Crippen molar-refractivity contribution in [3.8, 4) is 0 Å². The van der Waals surface area contributed by atoms with Gasteiger partial charge >= 0.3 is 0 Å². The Kier molecular flexibility index (Phi) is 5.85. The number of halogens is 3. The first-order chi connectivity index (χ1) is 8.80. The van der Waals surface area contributed by atoms with Crippen LogP contribution in [-0.2, 0) is 15.9 Å². The van der Waals surface area contributed by atoms with E-state index in [-0.39, 0.29) is 22.9 Å². The monoisotopic (exact) mass is 338 g/mol. The fraction of sp³-hybridized carbons (Fsp3) is 0.538. The summed E-state index contributed by atoms with van der Waals surface area (Å²) in [4.78, 5) is 0. The van der Waals surface area contributed by atoms with Crippen LogP contribution in [0.2, 0.25) is 0 Å². The smallest absolute Gasteiger partial charge is 0.159 e. The van der Waals surface area contributed by atoms with E-state index in [0.717, 1.165) is 6.07 Å². The molecule has 1 N–H and O–H groups in total. The molecule has 1 atom stereocenters. The molecule has 0 spiro atoms. The van der Waals surface area contributed by atoms with Crippen LogP contribution >= 0.6 is 15.9 Å². The number of ether oxygens (including phenoxy) is 2. The quantitative estimate of drug-likeness (QED) is 0.640. The van der Waals surface area contributed by atoms with Gasteiger partial charge in [0.15, 0.2) is 6.29 Å². The zero-order valence-electron chi connectivity index (χ0n) is 11.0. The van der Waals surface area contributed by atoms with Crippen LogP contribution < -0.4 is 0 Å². The van der Waals surface area contributed by atoms with Crippen molar-refractivity contribution < 1.29 is 23.4 Å². The summed E-state index contributed by atoms with van der Waals surface area (Å²) in [6, 6.07) is 2.44. The van der Waals surface area contributed by atoms with Crippen LogP contribution in [0.1, 0.15) is 18.9 Å². The summed E-state index contributed by atoms with van der Waals surface area (Å²) in [6.45, 7) is 1.48. The van der Waals surface area contributed by atoms with E-state index < -0.39 is 23.5 Å². The molecule has 0 amide bonds. The summed E-state index contributed by atoms with van der Waals surface area (Å²) in [6.07, 6.45) is -0.702. The molecule has 3 nitrogen and oxygen atoms in total. The minimum atomic E-state index is -1.35. The van der Waals surface area contributed by atoms with E-state index in [1.54, 1.807) is 0 Å². The predicted molar refractivity (Wildman–Crippen MR) is 70.8 cm³/mol. The van der Waals surface area contributed by atoms with Crippen molar-refractivity contribution in [2.45, 2.75) is 31.7 Å². The summed E-state index contributed by atoms with van der Waals surface area (Å²) in [5.41, 5.74) is -1.51. The molecule has 0 aliphatic heterocycles. The van der Waals surface area contributed by atoms with Gasteiger partial charge in [-0.3, -0.25) is 0 Å². The molecule has 0 fully saturated rings. The maximum absolute atomic E-state index is 13.8. The van der Waals surface area contributed by atoms with Gasteiger partial charge in [0, 0.05) is 32.6 Å². The lowest BCUT2D eigenvalue weighted by atomic mass is 9.92. The van der Waals surface area contributed by atoms with E-state index in [1.165, 1.54) is 27.2 Å². The Morgan fingerprint density at radius 3 is 2.42 bits per heavy atom. The molecule has 1 aromatic carbocycles. The third-order valence-electron chi connectivity index (χ3n) is 2.83. The summed E-state index contributed by atoms with van der Waals surface area (Å²) < 4.78 is 37.6. The van der Waals surface area contributed by atoms with E-state index >= 15 is 0 Å². The van der Waals surface area contributed by atoms with Gasteiger partial charge in [0.25, 0.3) is 0 Å². The average molecular weight is 339 g/mol. The highest BCUT2D eigenvalue weighted by atomic mass is 79.9. The Bertz CT molecular complexity index is 434. The Hall–Kier alpha value is -0.560. The standard InChI is InChI=1S/C13H17BrF2O3/c1-13(17,7-11(18-2)19-3)6-8-10(15)5-4-9(14)12(8)16/h4-5,11,17H,6-7H2,1-3H3. The maximum atomic E-state index is 13.8. The van der Waals surface area contributed by atoms with Crippen molar-refractivity contribution in [3.63, 3.8) is 0 Å². The zero-order chi connectivity index (χ0) is 14.6. The number of benzene rings is 1. The van der Waals surface area contributed by atoms with Crippen LogP contribution in [-0.4, -0.2) is 31.2 Å². The van der Waals surface area contributed by atoms with Crippen molar-refractivity contribution in [3.05, 3.63) is 33.8 Å². The largest absolute Gasteiger partial charge is 0.390 e. The lowest BCUT2D eigenvalue weighted by molar-refractivity contribution is -0.140. The van der Waals surface area contributed by atoms with Crippen molar-refractivity contribution in [2.24, 2.45) is 0 Å². The molecule has 6 heteroatoms. The average Bonchev–Trinajstić information content (AvgIpc) is 2.36. The Morgan fingerprint density at radius 2 is 1.89 bits per heavy atom. The lowest BCUT2D eigenvalue weighted by Gasteiger charge is -2.27. The van der Waals surface area contributed by atoms with Crippen LogP contribution in [0.4, 0.5) is 8.78 Å². The van der Waals surface area contributed by atoms with Crippen LogP contribution in [0.25, 0.3) is 0 Å². The molecule has 0 radical (unpaired) electrons. The molecule has 0 saturated carbocycles. The van der Waals surface area contributed by atoms with Gasteiger partial charge in [-0.2, -0.15) is 0 Å². The number of hydrogen-bond donors (Lipinski definition) is 1. The summed E-state index contributed by atoms with van der Waals surface area (Å²) >= 11 is 2.99. The van der Waals surface area contributed by atoms with Gasteiger partial charge in [0.2, 0.25) is 0 Å². The normalized spacial score (nSPS) is 14.7. The molecular formula is C13H17BrF2O3. The minimum Gasteiger partial charge on any atom is -0.390 e. The van der Waals surface area contributed by atoms with Crippen molar-refractivity contribution in [2.75, 3.05) is 14.2 Å². The molecule has 0 aromatic heterocycles. The second kappa shape index (κ2) is 6.74. The van der Waals surface area contributed by atoms with Crippen LogP contribution in [0, 0.1) is 11.6 Å². The Labute approximate surface area is 119 Å². The third-order valence-corrected chi connectivity index (χ3v) is 3.44. The van der Waals surface area contributed by atoms with Gasteiger partial charge in [-0.05, 0) is 35.0 Å². The summed E-state index contributed by atoms with van der Waals surface area (Å²) in [5, 5.41) is 10.2. The number of aliphatic hydroxyl groups is 1. The van der Waals surface area contributed by atoms with E-state index in [2.05, 4.69) is 15.9 Å². The fourth-order valence-corrected chi connectivity index (χ4v) is 2.18. The molecular weight excluding hydrogens is 322 g/mol. The summed E-state index contributed by atoms with van der Waals surface area (Å²) in [5.74, 6) is -1.39. The Balaban J connectivity index is 2.92. The van der Waals surface area contributed by atoms with Crippen LogP contribution in [0.3, 0.4) is 0 Å². The maximum Gasteiger partial charge on any atom is 0.159 e. The molecule has 1 aromatic rings. The number of rotatable bonds is 6. The molecule has 1 rings (SSSR count). The van der Waals surface area contributed by atoms with Gasteiger partial charge in [-0.15, -0.1) is 0 Å². The first-order valence-corrected chi connectivity index (χ1v) is 6.50. The molecule has 0 bridgehead atoms. The molecule has 0 saturated heterocycles. The van der Waals surface area contributed by atoms with Gasteiger partial charge in [-0.1, -0.05) is 0 Å². The lowest BCUT2D eigenvalue weighted by Crippen LogP contribution is -2.34. The first-order valence-electron chi connectivity index (χ1n) is 5.71. The number of hydrogen-bond acceptors (Lipinski definition) is 3. The first kappa shape index (κ1) is 16.5. The van der Waals surface area contributed by atoms with Crippen LogP contribution in [0.15, 0.2) is 16.6 Å². The third kappa shape index (κ3) is 4.49. The minimum absolute atomic E-state index is 0.103. The topological polar surface area (TPSA) is 38.7 Å². The summed E-state index contributed by atoms with van der Waals surface area (Å²) in [7, 11) is 2.87. The van der Waals surface area contributed by atoms with E-state index in [9.17, 15) is 13.9 Å². The highest BCUT2D eigenvalue weighted by Crippen LogP contribution is 2.27. The van der Waals surface area contributed by atoms with Crippen LogP contribution in [0.5, 0.6) is 0 Å². The van der Waals surface area contributed by atoms with E-state index in [4.69, 9.17) is 9.47 Å². The van der Waals surface area contributed by atoms with Crippen molar-refractivity contribution in [1.29, 1.82) is 0 Å². The SMILES string of the molecule is COC(CC(C)(O)Cc1c(F)ccc(Br)c1F)OC. The molecule has 0 heterocycles. The van der Waals surface area contributed by atoms with Gasteiger partial charge in [0.05, 0.1) is 10.1 Å². The van der Waals surface area contributed by atoms with Gasteiger partial charge < -0.3 is 14.6 Å². The molecule has 0 aliphatic carbocycles. The molecule has 1 unspecified atom stereocenters. The number of methoxy groups -OCH3 is 2. The second-order valence-electron chi connectivity index (χ2n) is 4.60. The fourth-order valence-electron chi connectivity index (χ4n) is 1.81. The van der Waals surface area contributed by atoms with Gasteiger partial charge in [-0.25, -0.2) is 8.78 Å². The predicted octanol–water partition coefficient (Wildman–Crippen LogP) is 3.03. The highest BCUT2D eigenvalue weighted by Gasteiger charge is 2.29. The van der Waals surface area contributed by atoms with Crippen molar-refractivity contribution in [1.82, 2.24) is 0 Å². The molecule has 108 valence electrons. The van der Waals surface area contributed by atoms with Crippen molar-refractivity contribution >= 4 is 15.9 Å². The molecule has 0 aliphatic rings. The highest BCUT2D eigenvalue weighted by molar-refractivity contribution is 9.10. The van der Waals surface area contributed by atoms with Gasteiger partial charge in [0.1, 0.15) is 11.6 Å². The Morgan fingerprint density at radius 1 is 1.32 bits per heavy atom. The van der Waals surface area contributed by atoms with E-state index in [1.807, 2.05) is 0 Å². The molecule has 19 heavy (non-hydrogen) atoms. The zero-order valence-corrected chi connectivity index (χ0v) is 12.6. The van der Waals surface area contributed by atoms with E-state index in [0.29, 0.717) is 0 Å². The second-order valence-corrected chi connectivity index (χ2v) is 5.45.